The van der Waals surface area contributed by atoms with Crippen molar-refractivity contribution in [3.63, 3.8) is 0 Å². The van der Waals surface area contributed by atoms with Gasteiger partial charge in [-0.15, -0.1) is 0 Å². The first-order valence-corrected chi connectivity index (χ1v) is 13.1. The third kappa shape index (κ3) is 5.00. The summed E-state index contributed by atoms with van der Waals surface area (Å²) in [5, 5.41) is 1.07. The van der Waals surface area contributed by atoms with Gasteiger partial charge in [0.2, 0.25) is 0 Å². The summed E-state index contributed by atoms with van der Waals surface area (Å²) in [5.41, 5.74) is 2.77. The van der Waals surface area contributed by atoms with Gasteiger partial charge in [0.05, 0.1) is 35.4 Å². The summed E-state index contributed by atoms with van der Waals surface area (Å²) in [5.74, 6) is 0.919. The smallest absolute Gasteiger partial charge is 0.266 e. The van der Waals surface area contributed by atoms with Crippen molar-refractivity contribution in [3.8, 4) is 5.69 Å². The molecule has 5 rings (SSSR count). The number of carbonyl (C=O) groups is 1. The Labute approximate surface area is 226 Å². The van der Waals surface area contributed by atoms with Crippen molar-refractivity contribution in [2.24, 2.45) is 0 Å². The van der Waals surface area contributed by atoms with E-state index < -0.39 is 6.04 Å². The monoisotopic (exact) mass is 525 g/mol. The van der Waals surface area contributed by atoms with Gasteiger partial charge in [0, 0.05) is 10.6 Å². The van der Waals surface area contributed by atoms with E-state index in [0.29, 0.717) is 45.2 Å². The maximum atomic E-state index is 14.0. The van der Waals surface area contributed by atoms with Gasteiger partial charge in [-0.2, -0.15) is 0 Å². The molecule has 38 heavy (non-hydrogen) atoms. The molecule has 0 bridgehead atoms. The number of nitrogens with zero attached hydrogens (tertiary/aromatic N) is 3. The predicted molar refractivity (Wildman–Crippen MR) is 150 cm³/mol. The lowest BCUT2D eigenvalue weighted by Gasteiger charge is -2.32. The lowest BCUT2D eigenvalue weighted by atomic mass is 10.1. The van der Waals surface area contributed by atoms with E-state index in [4.69, 9.17) is 21.0 Å². The van der Waals surface area contributed by atoms with Gasteiger partial charge >= 0.3 is 0 Å². The Morgan fingerprint density at radius 2 is 1.71 bits per heavy atom. The molecule has 0 saturated heterocycles. The van der Waals surface area contributed by atoms with Gasteiger partial charge in [0.1, 0.15) is 11.6 Å². The highest BCUT2D eigenvalue weighted by Crippen LogP contribution is 2.29. The van der Waals surface area contributed by atoms with Gasteiger partial charge in [-0.1, -0.05) is 49.7 Å². The van der Waals surface area contributed by atoms with Crippen molar-refractivity contribution in [2.75, 3.05) is 0 Å². The zero-order valence-corrected chi connectivity index (χ0v) is 22.1. The number of halogens is 1. The fraction of sp³-hybridized carbons (Fsp3) is 0.194. The van der Waals surface area contributed by atoms with Crippen molar-refractivity contribution in [1.82, 2.24) is 14.5 Å². The molecule has 0 aliphatic heterocycles. The van der Waals surface area contributed by atoms with E-state index in [2.05, 4.69) is 6.92 Å². The lowest BCUT2D eigenvalue weighted by molar-refractivity contribution is 0.0624. The minimum Gasteiger partial charge on any atom is -0.467 e. The topological polar surface area (TPSA) is 68.3 Å². The summed E-state index contributed by atoms with van der Waals surface area (Å²) in [4.78, 5) is 34.6. The number of fused-ring (bicyclic) bond motifs is 1. The molecular weight excluding hydrogens is 498 g/mol. The van der Waals surface area contributed by atoms with E-state index >= 15 is 0 Å². The largest absolute Gasteiger partial charge is 0.467 e. The number of amides is 1. The van der Waals surface area contributed by atoms with Crippen LogP contribution < -0.4 is 5.56 Å². The third-order valence-corrected chi connectivity index (χ3v) is 6.98. The standard InChI is InChI=1S/C31H28ClN3O3/c1-3-21-11-17-24(18-12-21)35-29(33-27-10-6-5-9-26(27)31(35)37)28(4-2)34(20-25-8-7-19-38-25)30(36)22-13-15-23(32)16-14-22/h5-19,28H,3-4,20H2,1-2H3. The Morgan fingerprint density at radius 3 is 2.37 bits per heavy atom. The fourth-order valence-corrected chi connectivity index (χ4v) is 4.82. The average molecular weight is 526 g/mol. The Hall–Kier alpha value is -4.16. The Morgan fingerprint density at radius 1 is 0.974 bits per heavy atom. The molecule has 0 saturated carbocycles. The van der Waals surface area contributed by atoms with E-state index in [0.717, 1.165) is 6.42 Å². The highest BCUT2D eigenvalue weighted by atomic mass is 35.5. The van der Waals surface area contributed by atoms with Crippen LogP contribution in [0.2, 0.25) is 5.02 Å². The van der Waals surface area contributed by atoms with Crippen LogP contribution in [-0.4, -0.2) is 20.4 Å². The van der Waals surface area contributed by atoms with Gasteiger partial charge in [0.15, 0.2) is 0 Å². The molecule has 2 heterocycles. The van der Waals surface area contributed by atoms with Gasteiger partial charge in [-0.3, -0.25) is 14.2 Å². The summed E-state index contributed by atoms with van der Waals surface area (Å²) in [7, 11) is 0. The Kier molecular flexibility index (Phi) is 7.43. The van der Waals surface area contributed by atoms with Crippen LogP contribution in [0.1, 0.15) is 53.8 Å². The van der Waals surface area contributed by atoms with Crippen LogP contribution >= 0.6 is 11.6 Å². The van der Waals surface area contributed by atoms with Gasteiger partial charge < -0.3 is 9.32 Å². The van der Waals surface area contributed by atoms with E-state index in [1.54, 1.807) is 52.1 Å². The highest BCUT2D eigenvalue weighted by molar-refractivity contribution is 6.30. The third-order valence-electron chi connectivity index (χ3n) is 6.72. The summed E-state index contributed by atoms with van der Waals surface area (Å²) < 4.78 is 7.27. The van der Waals surface area contributed by atoms with Crippen molar-refractivity contribution >= 4 is 28.4 Å². The SMILES string of the molecule is CCc1ccc(-n2c(C(CC)N(Cc3ccco3)C(=O)c3ccc(Cl)cc3)nc3ccccc3c2=O)cc1. The molecular formula is C31H28ClN3O3. The first kappa shape index (κ1) is 25.5. The zero-order valence-electron chi connectivity index (χ0n) is 21.3. The molecule has 0 aliphatic carbocycles. The minimum atomic E-state index is -0.522. The van der Waals surface area contributed by atoms with E-state index in [-0.39, 0.29) is 18.0 Å². The number of hydrogen-bond donors (Lipinski definition) is 0. The Bertz CT molecular complexity index is 1610. The van der Waals surface area contributed by atoms with E-state index in [9.17, 15) is 9.59 Å². The van der Waals surface area contributed by atoms with Crippen molar-refractivity contribution in [2.45, 2.75) is 39.3 Å². The molecule has 1 atom stereocenters. The second-order valence-corrected chi connectivity index (χ2v) is 9.53. The first-order valence-electron chi connectivity index (χ1n) is 12.7. The number of benzene rings is 3. The molecule has 0 aliphatic rings. The molecule has 6 nitrogen and oxygen atoms in total. The number of rotatable bonds is 8. The van der Waals surface area contributed by atoms with Crippen LogP contribution in [0, 0.1) is 0 Å². The van der Waals surface area contributed by atoms with E-state index in [1.165, 1.54) is 5.56 Å². The van der Waals surface area contributed by atoms with Crippen LogP contribution in [0.5, 0.6) is 0 Å². The van der Waals surface area contributed by atoms with Crippen molar-refractivity contribution in [3.05, 3.63) is 129 Å². The van der Waals surface area contributed by atoms with Crippen LogP contribution in [0.25, 0.3) is 16.6 Å². The molecule has 0 spiro atoms. The lowest BCUT2D eigenvalue weighted by Crippen LogP contribution is -2.38. The second kappa shape index (κ2) is 11.1. The fourth-order valence-electron chi connectivity index (χ4n) is 4.70. The molecule has 5 aromatic rings. The summed E-state index contributed by atoms with van der Waals surface area (Å²) >= 11 is 6.09. The van der Waals surface area contributed by atoms with Gasteiger partial charge in [-0.25, -0.2) is 4.98 Å². The van der Waals surface area contributed by atoms with E-state index in [1.807, 2.05) is 55.5 Å². The molecule has 192 valence electrons. The molecule has 0 N–H and O–H groups in total. The Balaban J connectivity index is 1.71. The number of para-hydroxylation sites is 1. The summed E-state index contributed by atoms with van der Waals surface area (Å²) in [6, 6.07) is 25.1. The van der Waals surface area contributed by atoms with Gasteiger partial charge in [-0.05, 0) is 79.1 Å². The maximum Gasteiger partial charge on any atom is 0.266 e. The number of hydrogen-bond acceptors (Lipinski definition) is 4. The van der Waals surface area contributed by atoms with Crippen LogP contribution in [0.3, 0.4) is 0 Å². The normalized spacial score (nSPS) is 12.0. The predicted octanol–water partition coefficient (Wildman–Crippen LogP) is 6.99. The average Bonchev–Trinajstić information content (AvgIpc) is 3.47. The molecule has 1 unspecified atom stereocenters. The van der Waals surface area contributed by atoms with Gasteiger partial charge in [0.25, 0.3) is 11.5 Å². The quantitative estimate of drug-likeness (QED) is 0.219. The van der Waals surface area contributed by atoms with Crippen LogP contribution in [-0.2, 0) is 13.0 Å². The summed E-state index contributed by atoms with van der Waals surface area (Å²) in [6.07, 6.45) is 3.00. The number of carbonyl (C=O) groups excluding carboxylic acids is 1. The molecule has 2 aromatic heterocycles. The zero-order chi connectivity index (χ0) is 26.6. The molecule has 3 aromatic carbocycles. The number of aryl methyl sites for hydroxylation is 1. The number of furan rings is 1. The molecule has 1 amide bonds. The van der Waals surface area contributed by atoms with Crippen molar-refractivity contribution in [1.29, 1.82) is 0 Å². The van der Waals surface area contributed by atoms with Crippen LogP contribution in [0.15, 0.2) is 100 Å². The van der Waals surface area contributed by atoms with Crippen LogP contribution in [0.4, 0.5) is 0 Å². The number of aromatic nitrogens is 2. The second-order valence-electron chi connectivity index (χ2n) is 9.09. The maximum absolute atomic E-state index is 14.0. The molecule has 0 fully saturated rings. The van der Waals surface area contributed by atoms with Crippen molar-refractivity contribution < 1.29 is 9.21 Å². The molecule has 7 heteroatoms. The summed E-state index contributed by atoms with van der Waals surface area (Å²) in [6.45, 7) is 4.29. The highest BCUT2D eigenvalue weighted by Gasteiger charge is 2.30. The minimum absolute atomic E-state index is 0.176. The first-order chi connectivity index (χ1) is 18.5. The molecule has 0 radical (unpaired) electrons.